The van der Waals surface area contributed by atoms with Crippen molar-refractivity contribution in [2.45, 2.75) is 0 Å². The molecule has 1 aromatic carbocycles. The van der Waals surface area contributed by atoms with Crippen LogP contribution in [0.3, 0.4) is 0 Å². The summed E-state index contributed by atoms with van der Waals surface area (Å²) in [7, 11) is 0. The third kappa shape index (κ3) is 1.97. The topological polar surface area (TPSA) is 70.4 Å². The number of aromatic carboxylic acids is 1. The Hall–Kier alpha value is -1.88. The fraction of sp³-hybridized carbons (Fsp3) is 0. The Balaban J connectivity index is 2.37. The first-order valence-corrected chi connectivity index (χ1v) is 5.03. The van der Waals surface area contributed by atoms with Gasteiger partial charge in [-0.2, -0.15) is 0 Å². The Kier molecular flexibility index (Phi) is 2.39. The monoisotopic (exact) mass is 221 g/mol. The second-order valence-corrected chi connectivity index (χ2v) is 3.75. The van der Waals surface area contributed by atoms with Crippen molar-refractivity contribution in [3.8, 4) is 17.0 Å². The Bertz CT molecular complexity index is 490. The zero-order chi connectivity index (χ0) is 10.8. The number of carboxylic acids is 1. The summed E-state index contributed by atoms with van der Waals surface area (Å²) in [6.07, 6.45) is 0. The lowest BCUT2D eigenvalue weighted by molar-refractivity contribution is 0.0696. The first kappa shape index (κ1) is 9.67. The molecule has 15 heavy (non-hydrogen) atoms. The van der Waals surface area contributed by atoms with Gasteiger partial charge in [0.15, 0.2) is 0 Å². The number of phenolic OH excluding ortho intramolecular Hbond substituents is 1. The van der Waals surface area contributed by atoms with E-state index in [-0.39, 0.29) is 10.8 Å². The number of benzene rings is 1. The highest BCUT2D eigenvalue weighted by Crippen LogP contribution is 2.23. The minimum absolute atomic E-state index is 0.0677. The van der Waals surface area contributed by atoms with Crippen molar-refractivity contribution >= 4 is 17.3 Å². The highest BCUT2D eigenvalue weighted by molar-refractivity contribution is 7.11. The van der Waals surface area contributed by atoms with Crippen LogP contribution in [0.2, 0.25) is 0 Å². The maximum absolute atomic E-state index is 10.6. The van der Waals surface area contributed by atoms with Gasteiger partial charge < -0.3 is 10.2 Å². The molecule has 5 heteroatoms. The zero-order valence-electron chi connectivity index (χ0n) is 7.54. The standard InChI is InChI=1S/C10H7NO3S/c12-7-3-1-6(2-4-7)8-5-15-9(11-8)10(13)14/h1-5,12H,(H,13,14). The molecule has 0 unspecified atom stereocenters. The van der Waals surface area contributed by atoms with Gasteiger partial charge >= 0.3 is 5.97 Å². The van der Waals surface area contributed by atoms with E-state index in [0.717, 1.165) is 16.9 Å². The van der Waals surface area contributed by atoms with Gasteiger partial charge in [0.05, 0.1) is 5.69 Å². The minimum atomic E-state index is -1.02. The lowest BCUT2D eigenvalue weighted by atomic mass is 10.2. The maximum atomic E-state index is 10.6. The average molecular weight is 221 g/mol. The predicted octanol–water partition coefficient (Wildman–Crippen LogP) is 2.21. The molecular weight excluding hydrogens is 214 g/mol. The number of carboxylic acid groups (broad SMARTS) is 1. The van der Waals surface area contributed by atoms with Crippen LogP contribution in [0.1, 0.15) is 9.80 Å². The molecule has 2 N–H and O–H groups in total. The number of hydrogen-bond acceptors (Lipinski definition) is 4. The van der Waals surface area contributed by atoms with Gasteiger partial charge in [-0.15, -0.1) is 11.3 Å². The maximum Gasteiger partial charge on any atom is 0.365 e. The predicted molar refractivity (Wildman–Crippen MR) is 56.2 cm³/mol. The SMILES string of the molecule is O=C(O)c1nc(-c2ccc(O)cc2)cs1. The molecule has 1 aromatic heterocycles. The lowest BCUT2D eigenvalue weighted by Gasteiger charge is -1.95. The van der Waals surface area contributed by atoms with E-state index < -0.39 is 5.97 Å². The summed E-state index contributed by atoms with van der Waals surface area (Å²) in [6, 6.07) is 6.45. The Morgan fingerprint density at radius 3 is 2.47 bits per heavy atom. The quantitative estimate of drug-likeness (QED) is 0.815. The van der Waals surface area contributed by atoms with Crippen molar-refractivity contribution in [2.75, 3.05) is 0 Å². The van der Waals surface area contributed by atoms with Gasteiger partial charge in [-0.05, 0) is 24.3 Å². The van der Waals surface area contributed by atoms with E-state index in [1.165, 1.54) is 12.1 Å². The number of nitrogens with zero attached hydrogens (tertiary/aromatic N) is 1. The van der Waals surface area contributed by atoms with Crippen LogP contribution in [0.15, 0.2) is 29.6 Å². The fourth-order valence-electron chi connectivity index (χ4n) is 1.14. The molecule has 0 fully saturated rings. The zero-order valence-corrected chi connectivity index (χ0v) is 8.36. The summed E-state index contributed by atoms with van der Waals surface area (Å²) >= 11 is 1.08. The number of phenols is 1. The summed E-state index contributed by atoms with van der Waals surface area (Å²) in [5.74, 6) is -0.850. The third-order valence-corrected chi connectivity index (χ3v) is 2.68. The van der Waals surface area contributed by atoms with E-state index in [0.29, 0.717) is 5.69 Å². The number of thiazole rings is 1. The molecule has 1 heterocycles. The number of rotatable bonds is 2. The van der Waals surface area contributed by atoms with Crippen LogP contribution in [0, 0.1) is 0 Å². The van der Waals surface area contributed by atoms with Crippen LogP contribution >= 0.6 is 11.3 Å². The molecular formula is C10H7NO3S. The Morgan fingerprint density at radius 1 is 1.27 bits per heavy atom. The van der Waals surface area contributed by atoms with Gasteiger partial charge in [0.2, 0.25) is 5.01 Å². The van der Waals surface area contributed by atoms with Crippen molar-refractivity contribution in [1.82, 2.24) is 4.98 Å². The Labute approximate surface area is 89.5 Å². The molecule has 76 valence electrons. The number of carbonyl (C=O) groups is 1. The van der Waals surface area contributed by atoms with Crippen LogP contribution in [0.25, 0.3) is 11.3 Å². The number of aromatic hydroxyl groups is 1. The van der Waals surface area contributed by atoms with E-state index in [1.807, 2.05) is 0 Å². The molecule has 2 aromatic rings. The normalized spacial score (nSPS) is 10.1. The third-order valence-electron chi connectivity index (χ3n) is 1.85. The van der Waals surface area contributed by atoms with Crippen LogP contribution in [0.5, 0.6) is 5.75 Å². The Morgan fingerprint density at radius 2 is 1.93 bits per heavy atom. The van der Waals surface area contributed by atoms with Gasteiger partial charge in [-0.25, -0.2) is 9.78 Å². The van der Waals surface area contributed by atoms with Crippen molar-refractivity contribution in [3.05, 3.63) is 34.7 Å². The summed E-state index contributed by atoms with van der Waals surface area (Å²) in [6.45, 7) is 0. The van der Waals surface area contributed by atoms with Crippen molar-refractivity contribution in [1.29, 1.82) is 0 Å². The van der Waals surface area contributed by atoms with Crippen molar-refractivity contribution in [2.24, 2.45) is 0 Å². The average Bonchev–Trinajstić information content (AvgIpc) is 2.68. The summed E-state index contributed by atoms with van der Waals surface area (Å²) < 4.78 is 0. The van der Waals surface area contributed by atoms with Gasteiger partial charge in [-0.3, -0.25) is 0 Å². The molecule has 0 aliphatic rings. The van der Waals surface area contributed by atoms with E-state index in [1.54, 1.807) is 17.5 Å². The molecule has 0 aliphatic heterocycles. The van der Waals surface area contributed by atoms with Crippen LogP contribution in [-0.2, 0) is 0 Å². The van der Waals surface area contributed by atoms with Gasteiger partial charge in [-0.1, -0.05) is 0 Å². The fourth-order valence-corrected chi connectivity index (χ4v) is 1.80. The molecule has 2 rings (SSSR count). The molecule has 0 radical (unpaired) electrons. The largest absolute Gasteiger partial charge is 0.508 e. The van der Waals surface area contributed by atoms with E-state index in [4.69, 9.17) is 10.2 Å². The van der Waals surface area contributed by atoms with E-state index in [2.05, 4.69) is 4.98 Å². The first-order chi connectivity index (χ1) is 7.16. The smallest absolute Gasteiger partial charge is 0.365 e. The van der Waals surface area contributed by atoms with E-state index in [9.17, 15) is 4.79 Å². The molecule has 0 spiro atoms. The second-order valence-electron chi connectivity index (χ2n) is 2.89. The summed E-state index contributed by atoms with van der Waals surface area (Å²) in [5.41, 5.74) is 1.40. The molecule has 4 nitrogen and oxygen atoms in total. The molecule has 0 saturated carbocycles. The van der Waals surface area contributed by atoms with Crippen LogP contribution in [0.4, 0.5) is 0 Å². The van der Waals surface area contributed by atoms with E-state index >= 15 is 0 Å². The highest BCUT2D eigenvalue weighted by Gasteiger charge is 2.09. The molecule has 0 saturated heterocycles. The summed E-state index contributed by atoms with van der Waals surface area (Å²) in [4.78, 5) is 14.6. The van der Waals surface area contributed by atoms with Crippen LogP contribution in [-0.4, -0.2) is 21.2 Å². The van der Waals surface area contributed by atoms with Gasteiger partial charge in [0, 0.05) is 10.9 Å². The van der Waals surface area contributed by atoms with Gasteiger partial charge in [0.25, 0.3) is 0 Å². The summed E-state index contributed by atoms with van der Waals surface area (Å²) in [5, 5.41) is 19.5. The molecule has 0 bridgehead atoms. The van der Waals surface area contributed by atoms with Crippen molar-refractivity contribution < 1.29 is 15.0 Å². The molecule has 0 amide bonds. The second kappa shape index (κ2) is 3.70. The molecule has 0 atom stereocenters. The highest BCUT2D eigenvalue weighted by atomic mass is 32.1. The molecule has 0 aliphatic carbocycles. The van der Waals surface area contributed by atoms with Crippen molar-refractivity contribution in [3.63, 3.8) is 0 Å². The van der Waals surface area contributed by atoms with Gasteiger partial charge in [0.1, 0.15) is 5.75 Å². The number of aromatic nitrogens is 1. The lowest BCUT2D eigenvalue weighted by Crippen LogP contribution is -1.94. The number of hydrogen-bond donors (Lipinski definition) is 2. The minimum Gasteiger partial charge on any atom is -0.508 e. The van der Waals surface area contributed by atoms with Crippen LogP contribution < -0.4 is 0 Å². The first-order valence-electron chi connectivity index (χ1n) is 4.15.